The second kappa shape index (κ2) is 19.5. The van der Waals surface area contributed by atoms with E-state index in [2.05, 4.69) is 29.0 Å². The molecule has 2 heterocycles. The molecule has 0 saturated carbocycles. The third-order valence-corrected chi connectivity index (χ3v) is 7.64. The lowest BCUT2D eigenvalue weighted by Crippen LogP contribution is -2.29. The lowest BCUT2D eigenvalue weighted by molar-refractivity contribution is 0.0696. The van der Waals surface area contributed by atoms with Gasteiger partial charge >= 0.3 is 5.97 Å². The summed E-state index contributed by atoms with van der Waals surface area (Å²) in [6.07, 6.45) is 2.15. The number of nitrogens with two attached hydrogens (primary N) is 1. The lowest BCUT2D eigenvalue weighted by Gasteiger charge is -2.09. The molecule has 2 atom stereocenters. The number of aromatic carboxylic acids is 1. The number of rotatable bonds is 5. The molecule has 2 saturated heterocycles. The van der Waals surface area contributed by atoms with E-state index in [-0.39, 0.29) is 23.1 Å². The molecule has 0 bridgehead atoms. The monoisotopic (exact) mass is 664 g/mol. The van der Waals surface area contributed by atoms with Crippen molar-refractivity contribution >= 4 is 11.9 Å². The summed E-state index contributed by atoms with van der Waals surface area (Å²) in [5, 5.41) is 11.7. The molecule has 4 aromatic rings. The van der Waals surface area contributed by atoms with Crippen LogP contribution < -0.4 is 11.1 Å². The number of carbonyl (C=O) groups excluding carboxylic acids is 1. The SMILES string of the molecule is NCC1CCOC1.O=C(NCC1CCOC1)c1ccc(C#Cc2ccccc2F)cc1.O=C(O)c1ccc(C#Cc2ccccc2F)cc1. The summed E-state index contributed by atoms with van der Waals surface area (Å²) in [7, 11) is 0. The van der Waals surface area contributed by atoms with Crippen LogP contribution in [-0.4, -0.2) is 56.5 Å². The first kappa shape index (κ1) is 36.5. The predicted molar refractivity (Wildman–Crippen MR) is 184 cm³/mol. The van der Waals surface area contributed by atoms with Crippen LogP contribution in [0, 0.1) is 47.2 Å². The van der Waals surface area contributed by atoms with Gasteiger partial charge in [-0.05, 0) is 98.1 Å². The van der Waals surface area contributed by atoms with Crippen LogP contribution in [0.3, 0.4) is 0 Å². The van der Waals surface area contributed by atoms with Crippen molar-refractivity contribution in [2.45, 2.75) is 12.8 Å². The van der Waals surface area contributed by atoms with Crippen LogP contribution in [0.15, 0.2) is 97.1 Å². The second-order valence-corrected chi connectivity index (χ2v) is 11.3. The number of carboxylic acids is 1. The van der Waals surface area contributed by atoms with Gasteiger partial charge in [-0.1, -0.05) is 47.9 Å². The minimum atomic E-state index is -0.983. The molecule has 0 aliphatic carbocycles. The number of halogens is 2. The maximum atomic E-state index is 13.5. The summed E-state index contributed by atoms with van der Waals surface area (Å²) in [6, 6.07) is 25.7. The van der Waals surface area contributed by atoms with Crippen LogP contribution in [0.2, 0.25) is 0 Å². The molecule has 1 amide bonds. The van der Waals surface area contributed by atoms with E-state index < -0.39 is 5.97 Å². The third-order valence-electron chi connectivity index (χ3n) is 7.64. The molecule has 0 aromatic heterocycles. The van der Waals surface area contributed by atoms with E-state index in [1.165, 1.54) is 24.3 Å². The van der Waals surface area contributed by atoms with E-state index in [1.807, 2.05) is 0 Å². The van der Waals surface area contributed by atoms with Crippen molar-refractivity contribution in [2.24, 2.45) is 17.6 Å². The summed E-state index contributed by atoms with van der Waals surface area (Å²) in [6.45, 7) is 4.72. The van der Waals surface area contributed by atoms with Gasteiger partial charge < -0.3 is 25.6 Å². The number of nitrogens with one attached hydrogen (secondary N) is 1. The van der Waals surface area contributed by atoms with Crippen molar-refractivity contribution in [3.63, 3.8) is 0 Å². The van der Waals surface area contributed by atoms with Crippen molar-refractivity contribution < 1.29 is 33.0 Å². The Morgan fingerprint density at radius 2 is 1.16 bits per heavy atom. The summed E-state index contributed by atoms with van der Waals surface area (Å²) in [4.78, 5) is 22.7. The van der Waals surface area contributed by atoms with Crippen LogP contribution in [0.4, 0.5) is 8.78 Å². The highest BCUT2D eigenvalue weighted by molar-refractivity contribution is 5.94. The normalized spacial score (nSPS) is 15.9. The van der Waals surface area contributed by atoms with E-state index in [1.54, 1.807) is 72.8 Å². The molecule has 49 heavy (non-hydrogen) atoms. The van der Waals surface area contributed by atoms with Gasteiger partial charge in [-0.15, -0.1) is 0 Å². The largest absolute Gasteiger partial charge is 0.478 e. The molecule has 2 unspecified atom stereocenters. The molecule has 6 rings (SSSR count). The maximum Gasteiger partial charge on any atom is 0.335 e. The van der Waals surface area contributed by atoms with Gasteiger partial charge in [0.2, 0.25) is 0 Å². The molecule has 0 spiro atoms. The zero-order valence-corrected chi connectivity index (χ0v) is 27.0. The van der Waals surface area contributed by atoms with Gasteiger partial charge in [0.05, 0.1) is 29.9 Å². The number of carboxylic acid groups (broad SMARTS) is 1. The molecule has 4 N–H and O–H groups in total. The van der Waals surface area contributed by atoms with Gasteiger partial charge in [-0.3, -0.25) is 4.79 Å². The molecule has 2 fully saturated rings. The van der Waals surface area contributed by atoms with E-state index in [0.717, 1.165) is 44.8 Å². The van der Waals surface area contributed by atoms with Gasteiger partial charge in [-0.25, -0.2) is 13.6 Å². The van der Waals surface area contributed by atoms with Crippen molar-refractivity contribution in [3.05, 3.63) is 142 Å². The minimum absolute atomic E-state index is 0.101. The second-order valence-electron chi connectivity index (χ2n) is 11.3. The van der Waals surface area contributed by atoms with E-state index in [0.29, 0.717) is 47.2 Å². The highest BCUT2D eigenvalue weighted by Gasteiger charge is 2.16. The average Bonchev–Trinajstić information content (AvgIpc) is 3.86. The van der Waals surface area contributed by atoms with Gasteiger partial charge in [0.15, 0.2) is 0 Å². The quantitative estimate of drug-likeness (QED) is 0.230. The minimum Gasteiger partial charge on any atom is -0.478 e. The van der Waals surface area contributed by atoms with E-state index in [9.17, 15) is 18.4 Å². The zero-order valence-electron chi connectivity index (χ0n) is 27.0. The van der Waals surface area contributed by atoms with Crippen molar-refractivity contribution in [1.82, 2.24) is 5.32 Å². The highest BCUT2D eigenvalue weighted by Crippen LogP contribution is 2.12. The van der Waals surface area contributed by atoms with Crippen LogP contribution in [-0.2, 0) is 9.47 Å². The van der Waals surface area contributed by atoms with Crippen molar-refractivity contribution in [1.29, 1.82) is 0 Å². The first-order chi connectivity index (χ1) is 23.8. The zero-order chi connectivity index (χ0) is 34.8. The Labute approximate surface area is 285 Å². The Morgan fingerprint density at radius 1 is 0.694 bits per heavy atom. The first-order valence-electron chi connectivity index (χ1n) is 15.9. The number of carbonyl (C=O) groups is 2. The topological polar surface area (TPSA) is 111 Å². The Kier molecular flexibility index (Phi) is 14.5. The number of hydrogen-bond acceptors (Lipinski definition) is 5. The first-order valence-corrected chi connectivity index (χ1v) is 15.9. The molecule has 7 nitrogen and oxygen atoms in total. The molecule has 0 radical (unpaired) electrons. The average molecular weight is 665 g/mol. The van der Waals surface area contributed by atoms with Crippen LogP contribution in [0.25, 0.3) is 0 Å². The molecular weight excluding hydrogens is 626 g/mol. The highest BCUT2D eigenvalue weighted by atomic mass is 19.1. The van der Waals surface area contributed by atoms with Gasteiger partial charge in [0, 0.05) is 42.4 Å². The molecule has 4 aromatic carbocycles. The van der Waals surface area contributed by atoms with Gasteiger partial charge in [-0.2, -0.15) is 0 Å². The standard InChI is InChI=1S/C20H18FNO2.C15H9FO2.C5H11NO/c21-19-4-2-1-3-17(19)8-5-15-6-9-18(10-7-15)20(23)22-13-16-11-12-24-14-16;16-14-4-2-1-3-12(14)8-5-11-6-9-13(10-7-11)15(17)18;6-3-5-1-2-7-4-5/h1-4,6-7,9-10,16H,11-14H2,(H,22,23);1-4,6-7,9-10H,(H,17,18);5H,1-4,6H2. The fourth-order valence-corrected chi connectivity index (χ4v) is 4.66. The van der Waals surface area contributed by atoms with E-state index in [4.69, 9.17) is 20.3 Å². The summed E-state index contributed by atoms with van der Waals surface area (Å²) >= 11 is 0. The molecule has 2 aliphatic rings. The Hall–Kier alpha value is -5.32. The number of ether oxygens (including phenoxy) is 2. The smallest absolute Gasteiger partial charge is 0.335 e. The number of benzene rings is 4. The molecule has 2 aliphatic heterocycles. The molecule has 9 heteroatoms. The Morgan fingerprint density at radius 3 is 1.57 bits per heavy atom. The third kappa shape index (κ3) is 12.3. The van der Waals surface area contributed by atoms with Gasteiger partial charge in [0.1, 0.15) is 11.6 Å². The lowest BCUT2D eigenvalue weighted by atomic mass is 10.1. The summed E-state index contributed by atoms with van der Waals surface area (Å²) in [5.74, 6) is 10.5. The summed E-state index contributed by atoms with van der Waals surface area (Å²) in [5.41, 5.74) is 8.20. The van der Waals surface area contributed by atoms with Gasteiger partial charge in [0.25, 0.3) is 5.91 Å². The van der Waals surface area contributed by atoms with Crippen LogP contribution in [0.1, 0.15) is 55.8 Å². The Bertz CT molecular complexity index is 1790. The maximum absolute atomic E-state index is 13.5. The van der Waals surface area contributed by atoms with Crippen LogP contribution in [0.5, 0.6) is 0 Å². The fraction of sp³-hybridized carbons (Fsp3) is 0.250. The fourth-order valence-electron chi connectivity index (χ4n) is 4.66. The van der Waals surface area contributed by atoms with Crippen LogP contribution >= 0.6 is 0 Å². The predicted octanol–water partition coefficient (Wildman–Crippen LogP) is 5.90. The molecule has 252 valence electrons. The summed E-state index contributed by atoms with van der Waals surface area (Å²) < 4.78 is 37.2. The Balaban J connectivity index is 0.000000189. The number of amides is 1. The van der Waals surface area contributed by atoms with E-state index >= 15 is 0 Å². The van der Waals surface area contributed by atoms with Crippen molar-refractivity contribution in [2.75, 3.05) is 39.5 Å². The van der Waals surface area contributed by atoms with Crippen molar-refractivity contribution in [3.8, 4) is 23.7 Å². The number of hydrogen-bond donors (Lipinski definition) is 3. The molecular formula is C40H38F2N2O5.